The Balaban J connectivity index is 0.00000512. The number of halogens is 1. The molecule has 2 rings (SSSR count). The van der Waals surface area contributed by atoms with E-state index in [1.165, 1.54) is 12.1 Å². The van der Waals surface area contributed by atoms with Gasteiger partial charge in [0.2, 0.25) is 10.0 Å². The first kappa shape index (κ1) is 28.0. The number of hydrogen-bond acceptors (Lipinski definition) is 5. The van der Waals surface area contributed by atoms with E-state index in [1.54, 1.807) is 6.07 Å². The van der Waals surface area contributed by atoms with Crippen LogP contribution < -0.4 is 25.2 Å². The summed E-state index contributed by atoms with van der Waals surface area (Å²) in [6, 6.07) is 12.3. The largest absolute Gasteiger partial charge is 0.490 e. The molecule has 0 aliphatic rings. The van der Waals surface area contributed by atoms with Crippen molar-refractivity contribution >= 4 is 40.0 Å². The number of primary sulfonamides is 1. The second-order valence-corrected chi connectivity index (χ2v) is 8.39. The minimum Gasteiger partial charge on any atom is -0.490 e. The number of ether oxygens (including phenoxy) is 2. The molecule has 4 N–H and O–H groups in total. The molecule has 1 atom stereocenters. The lowest BCUT2D eigenvalue weighted by Gasteiger charge is -2.20. The number of guanidine groups is 1. The molecule has 0 amide bonds. The van der Waals surface area contributed by atoms with Crippen LogP contribution in [0, 0.1) is 0 Å². The monoisotopic (exact) mass is 576 g/mol. The van der Waals surface area contributed by atoms with Crippen LogP contribution in [0.5, 0.6) is 11.5 Å². The highest BCUT2D eigenvalue weighted by molar-refractivity contribution is 14.0. The number of nitrogens with two attached hydrogens (primary N) is 1. The Morgan fingerprint density at radius 2 is 1.75 bits per heavy atom. The van der Waals surface area contributed by atoms with E-state index in [-0.39, 0.29) is 34.9 Å². The highest BCUT2D eigenvalue weighted by Gasteiger charge is 2.13. The number of hydrogen-bond donors (Lipinski definition) is 3. The predicted molar refractivity (Wildman–Crippen MR) is 138 cm³/mol. The molecule has 0 saturated carbocycles. The van der Waals surface area contributed by atoms with Crippen molar-refractivity contribution in [1.82, 2.24) is 10.6 Å². The van der Waals surface area contributed by atoms with Gasteiger partial charge in [0.25, 0.3) is 0 Å². The van der Waals surface area contributed by atoms with Gasteiger partial charge in [-0.2, -0.15) is 0 Å². The van der Waals surface area contributed by atoms with Crippen molar-refractivity contribution in [3.05, 3.63) is 53.6 Å². The summed E-state index contributed by atoms with van der Waals surface area (Å²) in [5.41, 5.74) is 1.77. The average molecular weight is 577 g/mol. The molecule has 178 valence electrons. The summed E-state index contributed by atoms with van der Waals surface area (Å²) in [7, 11) is -3.75. The first-order chi connectivity index (χ1) is 14.8. The molecular formula is C22H33IN4O4S. The molecule has 32 heavy (non-hydrogen) atoms. The van der Waals surface area contributed by atoms with Gasteiger partial charge in [-0.25, -0.2) is 18.5 Å². The van der Waals surface area contributed by atoms with Crippen LogP contribution in [0.15, 0.2) is 52.4 Å². The van der Waals surface area contributed by atoms with Crippen molar-refractivity contribution in [2.75, 3.05) is 19.8 Å². The fourth-order valence-corrected chi connectivity index (χ4v) is 3.52. The summed E-state index contributed by atoms with van der Waals surface area (Å²) < 4.78 is 34.5. The lowest BCUT2D eigenvalue weighted by Crippen LogP contribution is -2.38. The number of benzene rings is 2. The molecule has 2 aromatic rings. The van der Waals surface area contributed by atoms with Gasteiger partial charge in [-0.1, -0.05) is 18.2 Å². The SMILES string of the molecule is CCNC(=NCc1cccc(S(N)(=O)=O)c1)NC(C)c1ccc(OCC)c(OCC)c1.I. The maximum absolute atomic E-state index is 11.6. The maximum atomic E-state index is 11.6. The molecule has 0 saturated heterocycles. The fraction of sp³-hybridized carbons (Fsp3) is 0.409. The number of nitrogens with one attached hydrogen (secondary N) is 2. The van der Waals surface area contributed by atoms with Crippen LogP contribution >= 0.6 is 24.0 Å². The molecule has 10 heteroatoms. The standard InChI is InChI=1S/C22H32N4O4S.HI/c1-5-24-22(25-15-17-9-8-10-19(13-17)31(23,27)28)26-16(4)18-11-12-20(29-6-2)21(14-18)30-7-3;/h8-14,16H,5-7,15H2,1-4H3,(H2,23,27,28)(H2,24,25,26);1H. The smallest absolute Gasteiger partial charge is 0.238 e. The average Bonchev–Trinajstić information content (AvgIpc) is 2.73. The second kappa shape index (κ2) is 13.5. The van der Waals surface area contributed by atoms with Crippen molar-refractivity contribution in [2.24, 2.45) is 10.1 Å². The van der Waals surface area contributed by atoms with Crippen LogP contribution in [-0.2, 0) is 16.6 Å². The van der Waals surface area contributed by atoms with E-state index in [0.29, 0.717) is 38.0 Å². The molecule has 2 aromatic carbocycles. The maximum Gasteiger partial charge on any atom is 0.238 e. The summed E-state index contributed by atoms with van der Waals surface area (Å²) in [4.78, 5) is 4.65. The summed E-state index contributed by atoms with van der Waals surface area (Å²) in [5, 5.41) is 11.8. The third-order valence-electron chi connectivity index (χ3n) is 4.41. The lowest BCUT2D eigenvalue weighted by atomic mass is 10.1. The highest BCUT2D eigenvalue weighted by Crippen LogP contribution is 2.30. The minimum atomic E-state index is -3.75. The van der Waals surface area contributed by atoms with Crippen LogP contribution in [0.1, 0.15) is 44.9 Å². The minimum absolute atomic E-state index is 0. The molecule has 0 spiro atoms. The van der Waals surface area contributed by atoms with E-state index in [9.17, 15) is 8.42 Å². The van der Waals surface area contributed by atoms with Crippen molar-refractivity contribution in [3.63, 3.8) is 0 Å². The van der Waals surface area contributed by atoms with Gasteiger partial charge in [-0.3, -0.25) is 0 Å². The Bertz CT molecular complexity index is 999. The third kappa shape index (κ3) is 8.47. The third-order valence-corrected chi connectivity index (χ3v) is 5.32. The summed E-state index contributed by atoms with van der Waals surface area (Å²) >= 11 is 0. The Kier molecular flexibility index (Phi) is 11.8. The van der Waals surface area contributed by atoms with Gasteiger partial charge in [0.05, 0.1) is 30.7 Å². The summed E-state index contributed by atoms with van der Waals surface area (Å²) in [6.07, 6.45) is 0. The Hall–Kier alpha value is -2.05. The zero-order valence-electron chi connectivity index (χ0n) is 18.9. The molecule has 0 bridgehead atoms. The van der Waals surface area contributed by atoms with Gasteiger partial charge in [0.1, 0.15) is 0 Å². The van der Waals surface area contributed by atoms with Crippen LogP contribution in [0.2, 0.25) is 0 Å². The molecular weight excluding hydrogens is 543 g/mol. The van der Waals surface area contributed by atoms with Crippen LogP contribution in [-0.4, -0.2) is 34.1 Å². The van der Waals surface area contributed by atoms with Crippen molar-refractivity contribution in [2.45, 2.75) is 45.2 Å². The molecule has 8 nitrogen and oxygen atoms in total. The Morgan fingerprint density at radius 1 is 1.06 bits per heavy atom. The first-order valence-corrected chi connectivity index (χ1v) is 11.9. The predicted octanol–water partition coefficient (Wildman–Crippen LogP) is 3.57. The molecule has 0 fully saturated rings. The van der Waals surface area contributed by atoms with Crippen LogP contribution in [0.4, 0.5) is 0 Å². The van der Waals surface area contributed by atoms with Gasteiger partial charge < -0.3 is 20.1 Å². The number of nitrogens with zero attached hydrogens (tertiary/aromatic N) is 1. The second-order valence-electron chi connectivity index (χ2n) is 6.83. The van der Waals surface area contributed by atoms with Gasteiger partial charge in [0, 0.05) is 6.54 Å². The normalized spacial score (nSPS) is 12.5. The van der Waals surface area contributed by atoms with Crippen molar-refractivity contribution < 1.29 is 17.9 Å². The Labute approximate surface area is 208 Å². The molecule has 0 aliphatic heterocycles. The topological polar surface area (TPSA) is 115 Å². The molecule has 1 unspecified atom stereocenters. The van der Waals surface area contributed by atoms with E-state index in [4.69, 9.17) is 14.6 Å². The molecule has 0 heterocycles. The van der Waals surface area contributed by atoms with E-state index in [0.717, 1.165) is 16.9 Å². The van der Waals surface area contributed by atoms with Crippen molar-refractivity contribution in [3.8, 4) is 11.5 Å². The van der Waals surface area contributed by atoms with Gasteiger partial charge in [-0.15, -0.1) is 24.0 Å². The Morgan fingerprint density at radius 3 is 2.38 bits per heavy atom. The molecule has 0 aliphatic carbocycles. The quantitative estimate of drug-likeness (QED) is 0.227. The van der Waals surface area contributed by atoms with E-state index in [2.05, 4.69) is 15.6 Å². The van der Waals surface area contributed by atoms with Gasteiger partial charge in [0.15, 0.2) is 17.5 Å². The van der Waals surface area contributed by atoms with E-state index < -0.39 is 10.0 Å². The van der Waals surface area contributed by atoms with Crippen LogP contribution in [0.25, 0.3) is 0 Å². The summed E-state index contributed by atoms with van der Waals surface area (Å²) in [6.45, 7) is 9.98. The number of aliphatic imine (C=N–C) groups is 1. The first-order valence-electron chi connectivity index (χ1n) is 10.3. The van der Waals surface area contributed by atoms with E-state index in [1.807, 2.05) is 52.0 Å². The number of sulfonamides is 1. The van der Waals surface area contributed by atoms with Gasteiger partial charge in [-0.05, 0) is 63.1 Å². The van der Waals surface area contributed by atoms with Crippen molar-refractivity contribution in [1.29, 1.82) is 0 Å². The zero-order chi connectivity index (χ0) is 22.9. The van der Waals surface area contributed by atoms with Crippen LogP contribution in [0.3, 0.4) is 0 Å². The highest BCUT2D eigenvalue weighted by atomic mass is 127. The van der Waals surface area contributed by atoms with Gasteiger partial charge >= 0.3 is 0 Å². The number of rotatable bonds is 10. The fourth-order valence-electron chi connectivity index (χ4n) is 2.94. The molecule has 0 aromatic heterocycles. The lowest BCUT2D eigenvalue weighted by molar-refractivity contribution is 0.287. The van der Waals surface area contributed by atoms with E-state index >= 15 is 0 Å². The molecule has 0 radical (unpaired) electrons. The summed E-state index contributed by atoms with van der Waals surface area (Å²) in [5.74, 6) is 2.04. The zero-order valence-corrected chi connectivity index (χ0v) is 22.1.